The first-order chi connectivity index (χ1) is 9.81. The van der Waals surface area contributed by atoms with Crippen LogP contribution in [-0.4, -0.2) is 29.3 Å². The molecular weight excluding hydrogens is 310 g/mol. The molecule has 0 unspecified atom stereocenters. The van der Waals surface area contributed by atoms with Crippen molar-refractivity contribution in [2.45, 2.75) is 31.6 Å². The number of thioether (sulfide) groups is 1. The van der Waals surface area contributed by atoms with Crippen molar-refractivity contribution < 1.29 is 14.7 Å². The Morgan fingerprint density at radius 2 is 1.90 bits per heavy atom. The van der Waals surface area contributed by atoms with E-state index < -0.39 is 11.4 Å². The van der Waals surface area contributed by atoms with Crippen molar-refractivity contribution in [3.63, 3.8) is 0 Å². The Kier molecular flexibility index (Phi) is 7.05. The lowest BCUT2D eigenvalue weighted by atomic mass is 9.90. The van der Waals surface area contributed by atoms with Crippen LogP contribution >= 0.6 is 23.4 Å². The van der Waals surface area contributed by atoms with E-state index in [1.54, 1.807) is 25.6 Å². The molecule has 21 heavy (non-hydrogen) atoms. The average molecular weight is 330 g/mol. The number of carbonyl (C=O) groups excluding carboxylic acids is 1. The van der Waals surface area contributed by atoms with Crippen molar-refractivity contribution in [3.8, 4) is 0 Å². The molecule has 1 aromatic rings. The highest BCUT2D eigenvalue weighted by atomic mass is 35.5. The third-order valence-corrected chi connectivity index (χ3v) is 4.33. The number of carboxylic acids is 1. The molecule has 4 nitrogen and oxygen atoms in total. The van der Waals surface area contributed by atoms with E-state index in [0.29, 0.717) is 30.2 Å². The van der Waals surface area contributed by atoms with E-state index >= 15 is 0 Å². The van der Waals surface area contributed by atoms with Crippen LogP contribution in [0.25, 0.3) is 0 Å². The Morgan fingerprint density at radius 3 is 2.48 bits per heavy atom. The molecule has 1 amide bonds. The summed E-state index contributed by atoms with van der Waals surface area (Å²) in [7, 11) is 0. The van der Waals surface area contributed by atoms with Gasteiger partial charge in [-0.2, -0.15) is 0 Å². The summed E-state index contributed by atoms with van der Waals surface area (Å²) in [4.78, 5) is 23.6. The first kappa shape index (κ1) is 17.9. The number of benzene rings is 1. The molecule has 0 fully saturated rings. The second kappa shape index (κ2) is 8.29. The number of hydrogen-bond acceptors (Lipinski definition) is 3. The summed E-state index contributed by atoms with van der Waals surface area (Å²) in [5, 5.41) is 12.4. The molecule has 0 radical (unpaired) electrons. The maximum Gasteiger partial charge on any atom is 0.309 e. The largest absolute Gasteiger partial charge is 0.481 e. The van der Waals surface area contributed by atoms with Crippen molar-refractivity contribution in [2.75, 3.05) is 12.3 Å². The van der Waals surface area contributed by atoms with Gasteiger partial charge in [0.15, 0.2) is 0 Å². The highest BCUT2D eigenvalue weighted by Gasteiger charge is 2.26. The van der Waals surface area contributed by atoms with Gasteiger partial charge in [-0.25, -0.2) is 0 Å². The quantitative estimate of drug-likeness (QED) is 0.717. The van der Waals surface area contributed by atoms with Gasteiger partial charge in [0.25, 0.3) is 0 Å². The van der Waals surface area contributed by atoms with Gasteiger partial charge in [-0.05, 0) is 44.5 Å². The van der Waals surface area contributed by atoms with Gasteiger partial charge < -0.3 is 10.4 Å². The normalized spacial score (nSPS) is 11.2. The van der Waals surface area contributed by atoms with E-state index in [0.717, 1.165) is 4.90 Å². The third-order valence-electron chi connectivity index (χ3n) is 3.06. The number of carbonyl (C=O) groups is 2. The summed E-state index contributed by atoms with van der Waals surface area (Å²) in [5.74, 6) is -0.233. The van der Waals surface area contributed by atoms with Crippen LogP contribution in [0.15, 0.2) is 29.2 Å². The summed E-state index contributed by atoms with van der Waals surface area (Å²) < 4.78 is 0. The molecule has 0 aromatic heterocycles. The zero-order chi connectivity index (χ0) is 15.9. The predicted molar refractivity (Wildman–Crippen MR) is 85.8 cm³/mol. The first-order valence-electron chi connectivity index (χ1n) is 6.70. The Bertz CT molecular complexity index is 488. The van der Waals surface area contributed by atoms with Gasteiger partial charge in [-0.3, -0.25) is 9.59 Å². The molecule has 0 aliphatic rings. The lowest BCUT2D eigenvalue weighted by Gasteiger charge is -2.18. The molecule has 0 heterocycles. The van der Waals surface area contributed by atoms with Crippen LogP contribution in [-0.2, 0) is 9.59 Å². The number of halogens is 1. The molecule has 6 heteroatoms. The van der Waals surface area contributed by atoms with Gasteiger partial charge in [0.2, 0.25) is 5.91 Å². The van der Waals surface area contributed by atoms with Crippen LogP contribution in [0.1, 0.15) is 26.7 Å². The molecule has 1 aromatic carbocycles. The Labute approximate surface area is 134 Å². The smallest absolute Gasteiger partial charge is 0.309 e. The highest BCUT2D eigenvalue weighted by Crippen LogP contribution is 2.21. The fraction of sp³-hybridized carbons (Fsp3) is 0.467. The highest BCUT2D eigenvalue weighted by molar-refractivity contribution is 7.99. The number of carboxylic acid groups (broad SMARTS) is 1. The average Bonchev–Trinajstić information content (AvgIpc) is 2.40. The Hall–Kier alpha value is -1.20. The van der Waals surface area contributed by atoms with Gasteiger partial charge in [0.1, 0.15) is 0 Å². The number of nitrogens with one attached hydrogen (secondary N) is 1. The lowest BCUT2D eigenvalue weighted by molar-refractivity contribution is -0.147. The van der Waals surface area contributed by atoms with Crippen molar-refractivity contribution in [3.05, 3.63) is 29.3 Å². The van der Waals surface area contributed by atoms with Gasteiger partial charge in [-0.15, -0.1) is 11.8 Å². The van der Waals surface area contributed by atoms with Crippen LogP contribution in [0.2, 0.25) is 5.02 Å². The minimum absolute atomic E-state index is 0.0577. The minimum atomic E-state index is -0.852. The molecule has 0 aliphatic carbocycles. The summed E-state index contributed by atoms with van der Waals surface area (Å²) in [6.45, 7) is 3.68. The van der Waals surface area contributed by atoms with Crippen LogP contribution in [0.3, 0.4) is 0 Å². The monoisotopic (exact) mass is 329 g/mol. The van der Waals surface area contributed by atoms with Gasteiger partial charge in [0.05, 0.1) is 5.41 Å². The van der Waals surface area contributed by atoms with Crippen LogP contribution in [0, 0.1) is 5.41 Å². The van der Waals surface area contributed by atoms with Crippen LogP contribution in [0.4, 0.5) is 0 Å². The van der Waals surface area contributed by atoms with Crippen molar-refractivity contribution >= 4 is 35.2 Å². The number of rotatable bonds is 8. The molecule has 116 valence electrons. The Balaban J connectivity index is 2.20. The molecule has 1 rings (SSSR count). The second-order valence-corrected chi connectivity index (χ2v) is 6.95. The number of amides is 1. The fourth-order valence-corrected chi connectivity index (χ4v) is 2.48. The van der Waals surface area contributed by atoms with Crippen LogP contribution in [0.5, 0.6) is 0 Å². The van der Waals surface area contributed by atoms with Gasteiger partial charge >= 0.3 is 5.97 Å². The van der Waals surface area contributed by atoms with E-state index in [2.05, 4.69) is 5.32 Å². The number of aliphatic carboxylic acids is 1. The topological polar surface area (TPSA) is 66.4 Å². The summed E-state index contributed by atoms with van der Waals surface area (Å²) in [6.07, 6.45) is 0.819. The second-order valence-electron chi connectivity index (χ2n) is 5.34. The standard InChI is InChI=1S/C15H20ClNO3S/c1-15(2,14(19)20)8-9-17-13(18)7-10-21-12-5-3-11(16)4-6-12/h3-6H,7-10H2,1-2H3,(H,17,18)(H,19,20). The lowest BCUT2D eigenvalue weighted by Crippen LogP contribution is -2.32. The summed E-state index contributed by atoms with van der Waals surface area (Å²) >= 11 is 7.38. The van der Waals surface area contributed by atoms with Gasteiger partial charge in [0, 0.05) is 28.6 Å². The summed E-state index contributed by atoms with van der Waals surface area (Å²) in [6, 6.07) is 7.47. The first-order valence-corrected chi connectivity index (χ1v) is 8.06. The van der Waals surface area contributed by atoms with E-state index in [1.807, 2.05) is 24.3 Å². The zero-order valence-electron chi connectivity index (χ0n) is 12.2. The van der Waals surface area contributed by atoms with Gasteiger partial charge in [-0.1, -0.05) is 11.6 Å². The fourth-order valence-electron chi connectivity index (χ4n) is 1.50. The Morgan fingerprint density at radius 1 is 1.29 bits per heavy atom. The molecule has 0 aliphatic heterocycles. The summed E-state index contributed by atoms with van der Waals surface area (Å²) in [5.41, 5.74) is -0.814. The predicted octanol–water partition coefficient (Wildman–Crippen LogP) is 3.44. The third kappa shape index (κ3) is 6.87. The minimum Gasteiger partial charge on any atom is -0.481 e. The molecule has 0 spiro atoms. The zero-order valence-corrected chi connectivity index (χ0v) is 13.8. The van der Waals surface area contributed by atoms with Crippen molar-refractivity contribution in [1.82, 2.24) is 5.32 Å². The van der Waals surface area contributed by atoms with E-state index in [4.69, 9.17) is 16.7 Å². The van der Waals surface area contributed by atoms with E-state index in [9.17, 15) is 9.59 Å². The maximum atomic E-state index is 11.7. The van der Waals surface area contributed by atoms with Crippen molar-refractivity contribution in [2.24, 2.45) is 5.41 Å². The molecule has 2 N–H and O–H groups in total. The van der Waals surface area contributed by atoms with Crippen LogP contribution < -0.4 is 5.32 Å². The molecule has 0 atom stereocenters. The molecular formula is C15H20ClNO3S. The molecule has 0 saturated carbocycles. The molecule has 0 bridgehead atoms. The maximum absolute atomic E-state index is 11.7. The molecule has 0 saturated heterocycles. The number of hydrogen-bond donors (Lipinski definition) is 2. The SMILES string of the molecule is CC(C)(CCNC(=O)CCSc1ccc(Cl)cc1)C(=O)O. The van der Waals surface area contributed by atoms with E-state index in [-0.39, 0.29) is 5.91 Å². The van der Waals surface area contributed by atoms with E-state index in [1.165, 1.54) is 0 Å². The van der Waals surface area contributed by atoms with Crippen molar-refractivity contribution in [1.29, 1.82) is 0 Å².